The standard InChI is InChI=1S/C12H26N2/c1-3-12-8-4-5-10-14(12)11(2)7-6-9-13/h11-12H,3-10,13H2,1-2H3. The van der Waals surface area contributed by atoms with Crippen molar-refractivity contribution in [3.05, 3.63) is 0 Å². The van der Waals surface area contributed by atoms with Crippen molar-refractivity contribution in [1.82, 2.24) is 4.90 Å². The maximum atomic E-state index is 5.55. The minimum Gasteiger partial charge on any atom is -0.330 e. The zero-order valence-electron chi connectivity index (χ0n) is 9.84. The molecule has 0 aromatic carbocycles. The summed E-state index contributed by atoms with van der Waals surface area (Å²) in [6.07, 6.45) is 7.99. The first-order valence-corrected chi connectivity index (χ1v) is 6.25. The Bertz CT molecular complexity index is 147. The van der Waals surface area contributed by atoms with Gasteiger partial charge in [0.25, 0.3) is 0 Å². The minimum absolute atomic E-state index is 0.740. The second kappa shape index (κ2) is 6.41. The third-order valence-electron chi connectivity index (χ3n) is 3.54. The smallest absolute Gasteiger partial charge is 0.00954 e. The van der Waals surface area contributed by atoms with Gasteiger partial charge in [0.2, 0.25) is 0 Å². The Labute approximate surface area is 88.8 Å². The van der Waals surface area contributed by atoms with Crippen LogP contribution in [-0.2, 0) is 0 Å². The van der Waals surface area contributed by atoms with Crippen LogP contribution in [0.5, 0.6) is 0 Å². The molecule has 2 heteroatoms. The third-order valence-corrected chi connectivity index (χ3v) is 3.54. The predicted molar refractivity (Wildman–Crippen MR) is 62.4 cm³/mol. The molecule has 2 atom stereocenters. The highest BCUT2D eigenvalue weighted by molar-refractivity contribution is 4.80. The van der Waals surface area contributed by atoms with Crippen molar-refractivity contribution in [1.29, 1.82) is 0 Å². The Morgan fingerprint density at radius 1 is 1.43 bits per heavy atom. The second-order valence-corrected chi connectivity index (χ2v) is 4.58. The SMILES string of the molecule is CCC1CCCCN1C(C)CCCN. The molecule has 1 fully saturated rings. The Kier molecular flexibility index (Phi) is 5.49. The van der Waals surface area contributed by atoms with E-state index in [1.54, 1.807) is 0 Å². The molecular formula is C12H26N2. The van der Waals surface area contributed by atoms with E-state index in [1.165, 1.54) is 45.1 Å². The van der Waals surface area contributed by atoms with Gasteiger partial charge in [-0.15, -0.1) is 0 Å². The fourth-order valence-corrected chi connectivity index (χ4v) is 2.62. The maximum absolute atomic E-state index is 5.55. The normalized spacial score (nSPS) is 26.4. The lowest BCUT2D eigenvalue weighted by molar-refractivity contribution is 0.0947. The van der Waals surface area contributed by atoms with Crippen molar-refractivity contribution in [2.24, 2.45) is 5.73 Å². The highest BCUT2D eigenvalue weighted by Crippen LogP contribution is 2.23. The van der Waals surface area contributed by atoms with E-state index < -0.39 is 0 Å². The van der Waals surface area contributed by atoms with E-state index in [0.717, 1.165) is 18.6 Å². The second-order valence-electron chi connectivity index (χ2n) is 4.58. The van der Waals surface area contributed by atoms with Crippen LogP contribution in [0.4, 0.5) is 0 Å². The van der Waals surface area contributed by atoms with Crippen LogP contribution < -0.4 is 5.73 Å². The summed E-state index contributed by atoms with van der Waals surface area (Å²) in [4.78, 5) is 2.71. The van der Waals surface area contributed by atoms with Gasteiger partial charge < -0.3 is 5.73 Å². The molecule has 2 N–H and O–H groups in total. The molecular weight excluding hydrogens is 172 g/mol. The molecule has 1 heterocycles. The van der Waals surface area contributed by atoms with Gasteiger partial charge in [0.05, 0.1) is 0 Å². The summed E-state index contributed by atoms with van der Waals surface area (Å²) in [5.41, 5.74) is 5.55. The summed E-state index contributed by atoms with van der Waals surface area (Å²) in [6, 6.07) is 1.58. The van der Waals surface area contributed by atoms with Gasteiger partial charge in [-0.25, -0.2) is 0 Å². The monoisotopic (exact) mass is 198 g/mol. The summed E-state index contributed by atoms with van der Waals surface area (Å²) in [5, 5.41) is 0. The molecule has 0 saturated carbocycles. The zero-order valence-corrected chi connectivity index (χ0v) is 9.84. The molecule has 14 heavy (non-hydrogen) atoms. The van der Waals surface area contributed by atoms with E-state index in [2.05, 4.69) is 18.7 Å². The van der Waals surface area contributed by atoms with Crippen LogP contribution in [0, 0.1) is 0 Å². The Morgan fingerprint density at radius 2 is 2.21 bits per heavy atom. The number of piperidine rings is 1. The van der Waals surface area contributed by atoms with Gasteiger partial charge in [-0.2, -0.15) is 0 Å². The molecule has 1 aliphatic heterocycles. The first-order chi connectivity index (χ1) is 6.79. The maximum Gasteiger partial charge on any atom is 0.00954 e. The summed E-state index contributed by atoms with van der Waals surface area (Å²) in [6.45, 7) is 6.83. The van der Waals surface area contributed by atoms with E-state index in [0.29, 0.717) is 0 Å². The molecule has 2 nitrogen and oxygen atoms in total. The van der Waals surface area contributed by atoms with Crippen LogP contribution in [0.1, 0.15) is 52.4 Å². The summed E-state index contributed by atoms with van der Waals surface area (Å²) < 4.78 is 0. The number of hydrogen-bond acceptors (Lipinski definition) is 2. The number of nitrogens with two attached hydrogens (primary N) is 1. The third kappa shape index (κ3) is 3.25. The van der Waals surface area contributed by atoms with Crippen LogP contribution in [0.15, 0.2) is 0 Å². The molecule has 1 saturated heterocycles. The number of rotatable bonds is 5. The van der Waals surface area contributed by atoms with Gasteiger partial charge in [0.15, 0.2) is 0 Å². The van der Waals surface area contributed by atoms with Crippen molar-refractivity contribution in [2.45, 2.75) is 64.5 Å². The quantitative estimate of drug-likeness (QED) is 0.735. The molecule has 0 amide bonds. The van der Waals surface area contributed by atoms with Crippen LogP contribution >= 0.6 is 0 Å². The van der Waals surface area contributed by atoms with E-state index in [9.17, 15) is 0 Å². The fourth-order valence-electron chi connectivity index (χ4n) is 2.62. The highest BCUT2D eigenvalue weighted by atomic mass is 15.2. The average molecular weight is 198 g/mol. The number of likely N-dealkylation sites (tertiary alicyclic amines) is 1. The van der Waals surface area contributed by atoms with E-state index in [1.807, 2.05) is 0 Å². The fraction of sp³-hybridized carbons (Fsp3) is 1.00. The van der Waals surface area contributed by atoms with Crippen molar-refractivity contribution >= 4 is 0 Å². The van der Waals surface area contributed by atoms with E-state index in [4.69, 9.17) is 5.73 Å². The molecule has 0 aliphatic carbocycles. The Balaban J connectivity index is 2.37. The lowest BCUT2D eigenvalue weighted by Gasteiger charge is -2.39. The van der Waals surface area contributed by atoms with Crippen molar-refractivity contribution in [3.8, 4) is 0 Å². The summed E-state index contributed by atoms with van der Waals surface area (Å²) in [7, 11) is 0. The van der Waals surface area contributed by atoms with Crippen LogP contribution in [0.3, 0.4) is 0 Å². The van der Waals surface area contributed by atoms with Gasteiger partial charge in [-0.3, -0.25) is 4.90 Å². The summed E-state index contributed by atoms with van der Waals surface area (Å²) >= 11 is 0. The van der Waals surface area contributed by atoms with Crippen LogP contribution in [0.25, 0.3) is 0 Å². The molecule has 0 aromatic heterocycles. The molecule has 0 aromatic rings. The number of nitrogens with zero attached hydrogens (tertiary/aromatic N) is 1. The lowest BCUT2D eigenvalue weighted by atomic mass is 9.97. The first kappa shape index (κ1) is 12.0. The van der Waals surface area contributed by atoms with Crippen molar-refractivity contribution in [2.75, 3.05) is 13.1 Å². The topological polar surface area (TPSA) is 29.3 Å². The predicted octanol–water partition coefficient (Wildman–Crippen LogP) is 2.38. The van der Waals surface area contributed by atoms with Gasteiger partial charge in [0.1, 0.15) is 0 Å². The molecule has 2 unspecified atom stereocenters. The summed E-state index contributed by atoms with van der Waals surface area (Å²) in [5.74, 6) is 0. The van der Waals surface area contributed by atoms with Gasteiger partial charge in [0, 0.05) is 12.1 Å². The first-order valence-electron chi connectivity index (χ1n) is 6.25. The van der Waals surface area contributed by atoms with Crippen LogP contribution in [-0.4, -0.2) is 30.1 Å². The largest absolute Gasteiger partial charge is 0.330 e. The van der Waals surface area contributed by atoms with Crippen LogP contribution in [0.2, 0.25) is 0 Å². The van der Waals surface area contributed by atoms with Crippen molar-refractivity contribution < 1.29 is 0 Å². The van der Waals surface area contributed by atoms with Gasteiger partial charge in [-0.05, 0) is 52.1 Å². The molecule has 1 aliphatic rings. The molecule has 84 valence electrons. The van der Waals surface area contributed by atoms with E-state index >= 15 is 0 Å². The average Bonchev–Trinajstić information content (AvgIpc) is 2.25. The Hall–Kier alpha value is -0.0800. The van der Waals surface area contributed by atoms with E-state index in [-0.39, 0.29) is 0 Å². The van der Waals surface area contributed by atoms with Crippen molar-refractivity contribution in [3.63, 3.8) is 0 Å². The molecule has 0 spiro atoms. The minimum atomic E-state index is 0.740. The lowest BCUT2D eigenvalue weighted by Crippen LogP contribution is -2.44. The van der Waals surface area contributed by atoms with Gasteiger partial charge >= 0.3 is 0 Å². The molecule has 0 radical (unpaired) electrons. The van der Waals surface area contributed by atoms with Gasteiger partial charge in [-0.1, -0.05) is 13.3 Å². The Morgan fingerprint density at radius 3 is 2.86 bits per heavy atom. The number of hydrogen-bond donors (Lipinski definition) is 1. The molecule has 1 rings (SSSR count). The zero-order chi connectivity index (χ0) is 10.4. The highest BCUT2D eigenvalue weighted by Gasteiger charge is 2.24. The molecule has 0 bridgehead atoms.